The summed E-state index contributed by atoms with van der Waals surface area (Å²) in [5, 5.41) is 1.37. The fourth-order valence-electron chi connectivity index (χ4n) is 3.20. The summed E-state index contributed by atoms with van der Waals surface area (Å²) in [6.45, 7) is 2.98. The maximum atomic E-state index is 12.4. The summed E-state index contributed by atoms with van der Waals surface area (Å²) in [5.74, 6) is 0.402. The zero-order chi connectivity index (χ0) is 19.3. The van der Waals surface area contributed by atoms with Crippen molar-refractivity contribution in [2.45, 2.75) is 31.1 Å². The van der Waals surface area contributed by atoms with Gasteiger partial charge in [0.15, 0.2) is 0 Å². The van der Waals surface area contributed by atoms with Crippen molar-refractivity contribution >= 4 is 16.1 Å². The predicted molar refractivity (Wildman–Crippen MR) is 104 cm³/mol. The summed E-state index contributed by atoms with van der Waals surface area (Å²) in [4.78, 5) is 12.5. The Morgan fingerprint density at radius 3 is 2.56 bits per heavy atom. The van der Waals surface area contributed by atoms with Gasteiger partial charge in [-0.1, -0.05) is 48.0 Å². The number of nitrogens with zero attached hydrogens (tertiary/aromatic N) is 1. The molecule has 1 saturated heterocycles. The summed E-state index contributed by atoms with van der Waals surface area (Å²) in [5.41, 5.74) is 5.32. The SMILES string of the molecule is Cc1ccc(S(=O)(=O)NC(=O)N2CCCC(Cc3ccccc3)CN2)cc1. The zero-order valence-electron chi connectivity index (χ0n) is 15.4. The Hall–Kier alpha value is -2.38. The Balaban J connectivity index is 1.58. The van der Waals surface area contributed by atoms with E-state index in [0.717, 1.165) is 24.8 Å². The average molecular weight is 388 g/mol. The van der Waals surface area contributed by atoms with Gasteiger partial charge in [0, 0.05) is 13.1 Å². The van der Waals surface area contributed by atoms with E-state index in [0.29, 0.717) is 19.0 Å². The van der Waals surface area contributed by atoms with E-state index in [-0.39, 0.29) is 4.90 Å². The second-order valence-electron chi connectivity index (χ2n) is 6.94. The van der Waals surface area contributed by atoms with Crippen LogP contribution in [0.2, 0.25) is 0 Å². The van der Waals surface area contributed by atoms with Crippen molar-refractivity contribution in [3.8, 4) is 0 Å². The van der Waals surface area contributed by atoms with E-state index in [1.54, 1.807) is 12.1 Å². The van der Waals surface area contributed by atoms with E-state index in [1.165, 1.54) is 22.7 Å². The second kappa shape index (κ2) is 8.54. The molecule has 6 nitrogen and oxygen atoms in total. The van der Waals surface area contributed by atoms with Crippen LogP contribution in [0.4, 0.5) is 4.79 Å². The lowest BCUT2D eigenvalue weighted by atomic mass is 9.95. The molecule has 0 bridgehead atoms. The van der Waals surface area contributed by atoms with Crippen molar-refractivity contribution in [1.29, 1.82) is 0 Å². The zero-order valence-corrected chi connectivity index (χ0v) is 16.2. The van der Waals surface area contributed by atoms with Crippen LogP contribution in [0.25, 0.3) is 0 Å². The van der Waals surface area contributed by atoms with E-state index < -0.39 is 16.1 Å². The van der Waals surface area contributed by atoms with E-state index >= 15 is 0 Å². The molecule has 1 atom stereocenters. The third kappa shape index (κ3) is 5.30. The Kier molecular flexibility index (Phi) is 6.13. The van der Waals surface area contributed by atoms with Crippen LogP contribution in [0.5, 0.6) is 0 Å². The highest BCUT2D eigenvalue weighted by molar-refractivity contribution is 7.90. The number of nitrogens with one attached hydrogen (secondary N) is 2. The van der Waals surface area contributed by atoms with Crippen LogP contribution in [0.3, 0.4) is 0 Å². The highest BCUT2D eigenvalue weighted by Crippen LogP contribution is 2.17. The van der Waals surface area contributed by atoms with Crippen molar-refractivity contribution < 1.29 is 13.2 Å². The molecule has 1 fully saturated rings. The van der Waals surface area contributed by atoms with Gasteiger partial charge in [0.2, 0.25) is 0 Å². The number of benzene rings is 2. The first-order valence-corrected chi connectivity index (χ1v) is 10.6. The Morgan fingerprint density at radius 1 is 1.15 bits per heavy atom. The fraction of sp³-hybridized carbons (Fsp3) is 0.350. The number of urea groups is 1. The maximum absolute atomic E-state index is 12.4. The topological polar surface area (TPSA) is 78.5 Å². The molecule has 2 N–H and O–H groups in total. The van der Waals surface area contributed by atoms with E-state index in [1.807, 2.05) is 25.1 Å². The normalized spacial score (nSPS) is 18.0. The molecular weight excluding hydrogens is 362 g/mol. The lowest BCUT2D eigenvalue weighted by molar-refractivity contribution is 0.179. The van der Waals surface area contributed by atoms with Crippen LogP contribution < -0.4 is 10.1 Å². The molecule has 144 valence electrons. The van der Waals surface area contributed by atoms with Crippen molar-refractivity contribution in [1.82, 2.24) is 15.2 Å². The van der Waals surface area contributed by atoms with Crippen LogP contribution in [0, 0.1) is 12.8 Å². The van der Waals surface area contributed by atoms with Gasteiger partial charge in [-0.15, -0.1) is 0 Å². The average Bonchev–Trinajstić information content (AvgIpc) is 2.88. The summed E-state index contributed by atoms with van der Waals surface area (Å²) in [6.07, 6.45) is 2.74. The number of sulfonamides is 1. The smallest absolute Gasteiger partial charge is 0.259 e. The quantitative estimate of drug-likeness (QED) is 0.846. The Labute approximate surface area is 160 Å². The van der Waals surface area contributed by atoms with Gasteiger partial charge >= 0.3 is 6.03 Å². The van der Waals surface area contributed by atoms with Crippen molar-refractivity contribution in [2.75, 3.05) is 13.1 Å². The standard InChI is InChI=1S/C20H25N3O3S/c1-16-9-11-19(12-10-16)27(25,26)22-20(24)23-13-5-8-18(15-21-23)14-17-6-3-2-4-7-17/h2-4,6-7,9-12,18,21H,5,8,13-15H2,1H3,(H,22,24). The molecule has 1 unspecified atom stereocenters. The largest absolute Gasteiger partial charge is 0.345 e. The molecule has 0 aliphatic carbocycles. The van der Waals surface area contributed by atoms with Gasteiger partial charge in [-0.25, -0.2) is 23.4 Å². The highest BCUT2D eigenvalue weighted by atomic mass is 32.2. The molecule has 0 aromatic heterocycles. The third-order valence-corrected chi connectivity index (χ3v) is 6.07. The lowest BCUT2D eigenvalue weighted by Gasteiger charge is -2.22. The van der Waals surface area contributed by atoms with Gasteiger partial charge in [0.25, 0.3) is 10.0 Å². The van der Waals surface area contributed by atoms with Crippen LogP contribution in [-0.4, -0.2) is 32.5 Å². The maximum Gasteiger partial charge on any atom is 0.345 e. The Morgan fingerprint density at radius 2 is 1.85 bits per heavy atom. The number of amides is 2. The van der Waals surface area contributed by atoms with Crippen LogP contribution >= 0.6 is 0 Å². The summed E-state index contributed by atoms with van der Waals surface area (Å²) in [6, 6.07) is 16.0. The molecule has 2 aromatic carbocycles. The van der Waals surface area contributed by atoms with Gasteiger partial charge in [-0.2, -0.15) is 0 Å². The van der Waals surface area contributed by atoms with Crippen molar-refractivity contribution in [2.24, 2.45) is 5.92 Å². The third-order valence-electron chi connectivity index (χ3n) is 4.73. The van der Waals surface area contributed by atoms with Gasteiger partial charge in [-0.05, 0) is 49.8 Å². The number of hydrogen-bond donors (Lipinski definition) is 2. The number of carbonyl (C=O) groups is 1. The molecule has 0 saturated carbocycles. The van der Waals surface area contributed by atoms with Gasteiger partial charge in [-0.3, -0.25) is 5.01 Å². The highest BCUT2D eigenvalue weighted by Gasteiger charge is 2.24. The summed E-state index contributed by atoms with van der Waals surface area (Å²) < 4.78 is 27.0. The minimum atomic E-state index is -3.88. The predicted octanol–water partition coefficient (Wildman–Crippen LogP) is 2.85. The summed E-state index contributed by atoms with van der Waals surface area (Å²) in [7, 11) is -3.88. The number of hydrogen-bond acceptors (Lipinski definition) is 4. The minimum absolute atomic E-state index is 0.0817. The molecule has 27 heavy (non-hydrogen) atoms. The molecule has 1 aliphatic heterocycles. The molecule has 1 heterocycles. The van der Waals surface area contributed by atoms with Crippen LogP contribution in [-0.2, 0) is 16.4 Å². The van der Waals surface area contributed by atoms with Gasteiger partial charge in [0.05, 0.1) is 4.90 Å². The lowest BCUT2D eigenvalue weighted by Crippen LogP contribution is -2.50. The van der Waals surface area contributed by atoms with Gasteiger partial charge in [0.1, 0.15) is 0 Å². The molecule has 0 radical (unpaired) electrons. The first kappa shape index (κ1) is 19.4. The molecule has 2 aromatic rings. The fourth-order valence-corrected chi connectivity index (χ4v) is 4.15. The van der Waals surface area contributed by atoms with E-state index in [9.17, 15) is 13.2 Å². The number of hydrazine groups is 1. The molecule has 1 aliphatic rings. The first-order valence-electron chi connectivity index (χ1n) is 9.12. The van der Waals surface area contributed by atoms with Crippen LogP contribution in [0.15, 0.2) is 59.5 Å². The number of aryl methyl sites for hydroxylation is 1. The van der Waals surface area contributed by atoms with E-state index in [2.05, 4.69) is 22.3 Å². The Bertz CT molecular complexity index is 867. The first-order chi connectivity index (χ1) is 12.9. The monoisotopic (exact) mass is 387 g/mol. The van der Waals surface area contributed by atoms with Crippen molar-refractivity contribution in [3.05, 3.63) is 65.7 Å². The van der Waals surface area contributed by atoms with E-state index in [4.69, 9.17) is 0 Å². The van der Waals surface area contributed by atoms with Crippen molar-refractivity contribution in [3.63, 3.8) is 0 Å². The molecule has 7 heteroatoms. The minimum Gasteiger partial charge on any atom is -0.259 e. The number of rotatable bonds is 4. The van der Waals surface area contributed by atoms with Gasteiger partial charge < -0.3 is 0 Å². The summed E-state index contributed by atoms with van der Waals surface area (Å²) >= 11 is 0. The molecular formula is C20H25N3O3S. The second-order valence-corrected chi connectivity index (χ2v) is 8.62. The molecule has 3 rings (SSSR count). The van der Waals surface area contributed by atoms with Crippen LogP contribution in [0.1, 0.15) is 24.0 Å². The molecule has 0 spiro atoms. The number of carbonyl (C=O) groups excluding carboxylic acids is 1. The molecule has 2 amide bonds.